The average Bonchev–Trinajstić information content (AvgIpc) is 2.49. The molecule has 2 amide bonds. The molecule has 1 fully saturated rings. The highest BCUT2D eigenvalue weighted by Crippen LogP contribution is 2.16. The van der Waals surface area contributed by atoms with E-state index in [4.69, 9.17) is 5.73 Å². The van der Waals surface area contributed by atoms with Crippen LogP contribution in [0.15, 0.2) is 24.3 Å². The van der Waals surface area contributed by atoms with Crippen molar-refractivity contribution in [3.05, 3.63) is 24.3 Å². The van der Waals surface area contributed by atoms with Gasteiger partial charge in [-0.05, 0) is 24.3 Å². The van der Waals surface area contributed by atoms with Gasteiger partial charge in [0.2, 0.25) is 0 Å². The van der Waals surface area contributed by atoms with E-state index in [0.29, 0.717) is 6.54 Å². The molecule has 0 aromatic heterocycles. The first kappa shape index (κ1) is 15.6. The Morgan fingerprint density at radius 3 is 2.33 bits per heavy atom. The maximum atomic E-state index is 12.2. The lowest BCUT2D eigenvalue weighted by atomic mass is 10.2. The first-order valence-corrected chi connectivity index (χ1v) is 7.36. The van der Waals surface area contributed by atoms with Gasteiger partial charge in [-0.1, -0.05) is 0 Å². The standard InChI is InChI=1S/C15H25N5O/c1-18(2)14-5-3-13(4-6-14)17-15(21)20-11-9-19(8-7-16)10-12-20/h3-6H,7-12,16H2,1-2H3,(H,17,21). The van der Waals surface area contributed by atoms with E-state index in [9.17, 15) is 4.79 Å². The molecular formula is C15H25N5O. The number of urea groups is 1. The lowest BCUT2D eigenvalue weighted by Crippen LogP contribution is -2.50. The van der Waals surface area contributed by atoms with Gasteiger partial charge in [0, 0.05) is 64.7 Å². The Bertz CT molecular complexity index is 452. The second-order valence-corrected chi connectivity index (χ2v) is 5.49. The molecule has 1 aromatic rings. The smallest absolute Gasteiger partial charge is 0.321 e. The van der Waals surface area contributed by atoms with Crippen LogP contribution in [0, 0.1) is 0 Å². The van der Waals surface area contributed by atoms with E-state index in [2.05, 4.69) is 10.2 Å². The second kappa shape index (κ2) is 7.28. The summed E-state index contributed by atoms with van der Waals surface area (Å²) in [6, 6.07) is 7.82. The molecule has 0 bridgehead atoms. The molecule has 0 saturated carbocycles. The van der Waals surface area contributed by atoms with Crippen LogP contribution in [0.4, 0.5) is 16.2 Å². The van der Waals surface area contributed by atoms with Gasteiger partial charge in [0.1, 0.15) is 0 Å². The molecule has 0 radical (unpaired) electrons. The minimum Gasteiger partial charge on any atom is -0.378 e. The summed E-state index contributed by atoms with van der Waals surface area (Å²) < 4.78 is 0. The van der Waals surface area contributed by atoms with E-state index in [-0.39, 0.29) is 6.03 Å². The number of benzene rings is 1. The van der Waals surface area contributed by atoms with Gasteiger partial charge in [-0.25, -0.2) is 4.79 Å². The molecule has 1 aromatic carbocycles. The van der Waals surface area contributed by atoms with Gasteiger partial charge in [-0.3, -0.25) is 4.90 Å². The minimum absolute atomic E-state index is 0.0278. The number of hydrogen-bond acceptors (Lipinski definition) is 4. The van der Waals surface area contributed by atoms with Crippen molar-refractivity contribution in [3.8, 4) is 0 Å². The van der Waals surface area contributed by atoms with Gasteiger partial charge >= 0.3 is 6.03 Å². The molecular weight excluding hydrogens is 266 g/mol. The molecule has 1 heterocycles. The summed E-state index contributed by atoms with van der Waals surface area (Å²) in [5.41, 5.74) is 7.49. The Hall–Kier alpha value is -1.79. The molecule has 116 valence electrons. The Kier molecular flexibility index (Phi) is 5.41. The number of nitrogens with two attached hydrogens (primary N) is 1. The summed E-state index contributed by atoms with van der Waals surface area (Å²) in [6.45, 7) is 4.86. The van der Waals surface area contributed by atoms with Gasteiger partial charge in [0.25, 0.3) is 0 Å². The maximum absolute atomic E-state index is 12.2. The molecule has 0 aliphatic carbocycles. The number of nitrogens with one attached hydrogen (secondary N) is 1. The van der Waals surface area contributed by atoms with Crippen molar-refractivity contribution in [1.29, 1.82) is 0 Å². The van der Waals surface area contributed by atoms with Crippen molar-refractivity contribution < 1.29 is 4.79 Å². The van der Waals surface area contributed by atoms with Crippen LogP contribution in [0.2, 0.25) is 0 Å². The molecule has 1 saturated heterocycles. The fraction of sp³-hybridized carbons (Fsp3) is 0.533. The van der Waals surface area contributed by atoms with Crippen molar-refractivity contribution >= 4 is 17.4 Å². The number of carbonyl (C=O) groups excluding carboxylic acids is 1. The first-order chi connectivity index (χ1) is 10.1. The van der Waals surface area contributed by atoms with E-state index in [1.807, 2.05) is 48.2 Å². The number of amides is 2. The highest BCUT2D eigenvalue weighted by Gasteiger charge is 2.20. The summed E-state index contributed by atoms with van der Waals surface area (Å²) >= 11 is 0. The summed E-state index contributed by atoms with van der Waals surface area (Å²) in [4.78, 5) is 18.4. The number of nitrogens with zero attached hydrogens (tertiary/aromatic N) is 3. The summed E-state index contributed by atoms with van der Waals surface area (Å²) in [6.07, 6.45) is 0. The third kappa shape index (κ3) is 4.34. The van der Waals surface area contributed by atoms with Gasteiger partial charge in [0.15, 0.2) is 0 Å². The fourth-order valence-electron chi connectivity index (χ4n) is 2.40. The lowest BCUT2D eigenvalue weighted by molar-refractivity contribution is 0.149. The minimum atomic E-state index is -0.0278. The molecule has 3 N–H and O–H groups in total. The molecule has 21 heavy (non-hydrogen) atoms. The van der Waals surface area contributed by atoms with Gasteiger partial charge in [-0.15, -0.1) is 0 Å². The molecule has 0 atom stereocenters. The molecule has 6 nitrogen and oxygen atoms in total. The van der Waals surface area contributed by atoms with Crippen LogP contribution in [-0.4, -0.2) is 69.2 Å². The highest BCUT2D eigenvalue weighted by molar-refractivity contribution is 5.89. The normalized spacial score (nSPS) is 15.9. The van der Waals surface area contributed by atoms with Crippen LogP contribution in [0.5, 0.6) is 0 Å². The Balaban J connectivity index is 1.84. The van der Waals surface area contributed by atoms with Crippen LogP contribution in [0.3, 0.4) is 0 Å². The maximum Gasteiger partial charge on any atom is 0.321 e. The molecule has 0 unspecified atom stereocenters. The molecule has 2 rings (SSSR count). The zero-order valence-electron chi connectivity index (χ0n) is 12.9. The number of hydrogen-bond donors (Lipinski definition) is 2. The predicted molar refractivity (Wildman–Crippen MR) is 86.9 cm³/mol. The zero-order valence-corrected chi connectivity index (χ0v) is 12.9. The van der Waals surface area contributed by atoms with Crippen LogP contribution < -0.4 is 16.0 Å². The van der Waals surface area contributed by atoms with Crippen LogP contribution in [0.1, 0.15) is 0 Å². The van der Waals surface area contributed by atoms with Crippen molar-refractivity contribution in [3.63, 3.8) is 0 Å². The fourth-order valence-corrected chi connectivity index (χ4v) is 2.40. The zero-order chi connectivity index (χ0) is 15.2. The lowest BCUT2D eigenvalue weighted by Gasteiger charge is -2.34. The van der Waals surface area contributed by atoms with Gasteiger partial charge in [-0.2, -0.15) is 0 Å². The Morgan fingerprint density at radius 2 is 1.81 bits per heavy atom. The topological polar surface area (TPSA) is 64.8 Å². The summed E-state index contributed by atoms with van der Waals surface area (Å²) in [5.74, 6) is 0. The number of rotatable bonds is 4. The van der Waals surface area contributed by atoms with E-state index in [1.165, 1.54) is 0 Å². The third-order valence-corrected chi connectivity index (χ3v) is 3.74. The average molecular weight is 291 g/mol. The summed E-state index contributed by atoms with van der Waals surface area (Å²) in [7, 11) is 3.99. The van der Waals surface area contributed by atoms with E-state index >= 15 is 0 Å². The Morgan fingerprint density at radius 1 is 1.19 bits per heavy atom. The first-order valence-electron chi connectivity index (χ1n) is 7.36. The largest absolute Gasteiger partial charge is 0.378 e. The summed E-state index contributed by atoms with van der Waals surface area (Å²) in [5, 5.41) is 2.95. The van der Waals surface area contributed by atoms with E-state index in [0.717, 1.165) is 44.1 Å². The van der Waals surface area contributed by atoms with Crippen molar-refractivity contribution in [2.24, 2.45) is 5.73 Å². The number of carbonyl (C=O) groups is 1. The molecule has 6 heteroatoms. The predicted octanol–water partition coefficient (Wildman–Crippen LogP) is 0.861. The molecule has 1 aliphatic rings. The third-order valence-electron chi connectivity index (χ3n) is 3.74. The van der Waals surface area contributed by atoms with Gasteiger partial charge in [0.05, 0.1) is 0 Å². The van der Waals surface area contributed by atoms with Crippen LogP contribution in [-0.2, 0) is 0 Å². The number of anilines is 2. The molecule has 1 aliphatic heterocycles. The van der Waals surface area contributed by atoms with Crippen LogP contribution in [0.25, 0.3) is 0 Å². The monoisotopic (exact) mass is 291 g/mol. The Labute approximate surface area is 126 Å². The van der Waals surface area contributed by atoms with Crippen LogP contribution >= 0.6 is 0 Å². The quantitative estimate of drug-likeness (QED) is 0.863. The second-order valence-electron chi connectivity index (χ2n) is 5.49. The van der Waals surface area contributed by atoms with Crippen molar-refractivity contribution in [2.75, 3.05) is 63.6 Å². The SMILES string of the molecule is CN(C)c1ccc(NC(=O)N2CCN(CCN)CC2)cc1. The molecule has 0 spiro atoms. The van der Waals surface area contributed by atoms with E-state index < -0.39 is 0 Å². The highest BCUT2D eigenvalue weighted by atomic mass is 16.2. The van der Waals surface area contributed by atoms with Gasteiger partial charge < -0.3 is 20.9 Å². The van der Waals surface area contributed by atoms with Crippen molar-refractivity contribution in [1.82, 2.24) is 9.80 Å². The van der Waals surface area contributed by atoms with Crippen molar-refractivity contribution in [2.45, 2.75) is 0 Å². The van der Waals surface area contributed by atoms with E-state index in [1.54, 1.807) is 0 Å². The number of piperazine rings is 1.